The van der Waals surface area contributed by atoms with Gasteiger partial charge < -0.3 is 14.5 Å². The molecule has 94 valence electrons. The van der Waals surface area contributed by atoms with E-state index in [1.807, 2.05) is 38.1 Å². The molecule has 0 atom stereocenters. The van der Waals surface area contributed by atoms with Gasteiger partial charge in [-0.1, -0.05) is 17.6 Å². The molecule has 17 heavy (non-hydrogen) atoms. The van der Waals surface area contributed by atoms with E-state index >= 15 is 0 Å². The molecule has 1 N–H and O–H groups in total. The minimum Gasteiger partial charge on any atom is -0.497 e. The summed E-state index contributed by atoms with van der Waals surface area (Å²) in [6.45, 7) is 7.27. The predicted octanol–water partition coefficient (Wildman–Crippen LogP) is 1.24. The van der Waals surface area contributed by atoms with Gasteiger partial charge >= 0.3 is 7.48 Å². The van der Waals surface area contributed by atoms with Crippen LogP contribution in [0.15, 0.2) is 24.3 Å². The fourth-order valence-corrected chi connectivity index (χ4v) is 1.16. The van der Waals surface area contributed by atoms with E-state index in [0.717, 1.165) is 11.2 Å². The summed E-state index contributed by atoms with van der Waals surface area (Å²) in [4.78, 5) is 0. The minimum atomic E-state index is -0.876. The van der Waals surface area contributed by atoms with Gasteiger partial charge in [0.25, 0.3) is 0 Å². The molecular formula is C13H21BO3. The smallest absolute Gasteiger partial charge is 0.309 e. The molecule has 1 aromatic carbocycles. The monoisotopic (exact) mass is 236 g/mol. The van der Waals surface area contributed by atoms with Gasteiger partial charge in [0, 0.05) is 0 Å². The fraction of sp³-hybridized carbons (Fsp3) is 0.538. The van der Waals surface area contributed by atoms with Crippen molar-refractivity contribution in [2.24, 2.45) is 0 Å². The van der Waals surface area contributed by atoms with Gasteiger partial charge in [-0.25, -0.2) is 0 Å². The van der Waals surface area contributed by atoms with Crippen LogP contribution in [0.25, 0.3) is 0 Å². The normalized spacial score (nSPS) is 12.4. The van der Waals surface area contributed by atoms with Crippen molar-refractivity contribution in [1.29, 1.82) is 0 Å². The van der Waals surface area contributed by atoms with Crippen molar-refractivity contribution < 1.29 is 14.5 Å². The molecule has 1 rings (SSSR count). The lowest BCUT2D eigenvalue weighted by molar-refractivity contribution is -0.0893. The third kappa shape index (κ3) is 3.75. The largest absolute Gasteiger partial charge is 0.497 e. The summed E-state index contributed by atoms with van der Waals surface area (Å²) in [6.07, 6.45) is 0. The van der Waals surface area contributed by atoms with Crippen LogP contribution in [-0.2, 0) is 4.65 Å². The molecule has 0 fully saturated rings. The number of benzene rings is 1. The van der Waals surface area contributed by atoms with Gasteiger partial charge in [-0.3, -0.25) is 0 Å². The molecule has 0 unspecified atom stereocenters. The van der Waals surface area contributed by atoms with E-state index in [1.165, 1.54) is 0 Å². The molecule has 0 aromatic heterocycles. The van der Waals surface area contributed by atoms with Crippen molar-refractivity contribution in [3.05, 3.63) is 24.3 Å². The summed E-state index contributed by atoms with van der Waals surface area (Å²) in [5.41, 5.74) is -0.407. The number of methoxy groups -OCH3 is 1. The summed E-state index contributed by atoms with van der Waals surface area (Å²) in [5.74, 6) is 0.829. The molecule has 0 aliphatic heterocycles. The standard InChI is InChI=1S/C13H21BO3/c1-12(2,15)13(3,4)17-14-10-6-8-11(16-5)9-7-10/h6-9,14-15H,1-5H3. The van der Waals surface area contributed by atoms with Crippen molar-refractivity contribution >= 4 is 12.9 Å². The molecule has 4 heteroatoms. The molecule has 0 aliphatic rings. The first kappa shape index (κ1) is 14.1. The molecule has 0 radical (unpaired) electrons. The Hall–Kier alpha value is -0.995. The van der Waals surface area contributed by atoms with Crippen molar-refractivity contribution in [2.75, 3.05) is 7.11 Å². The fourth-order valence-electron chi connectivity index (χ4n) is 1.16. The van der Waals surface area contributed by atoms with Gasteiger partial charge in [-0.2, -0.15) is 0 Å². The van der Waals surface area contributed by atoms with Gasteiger partial charge in [0.05, 0.1) is 18.3 Å². The number of hydrogen-bond acceptors (Lipinski definition) is 3. The van der Waals surface area contributed by atoms with E-state index in [1.54, 1.807) is 21.0 Å². The number of aliphatic hydroxyl groups is 1. The Bertz CT molecular complexity index is 352. The number of hydrogen-bond donors (Lipinski definition) is 1. The Balaban J connectivity index is 2.61. The highest BCUT2D eigenvalue weighted by molar-refractivity contribution is 6.47. The molecule has 0 bridgehead atoms. The van der Waals surface area contributed by atoms with Crippen molar-refractivity contribution in [3.8, 4) is 5.75 Å². The van der Waals surface area contributed by atoms with Crippen LogP contribution in [0.5, 0.6) is 5.75 Å². The lowest BCUT2D eigenvalue weighted by atomic mass is 9.82. The van der Waals surface area contributed by atoms with E-state index in [9.17, 15) is 5.11 Å². The van der Waals surface area contributed by atoms with Crippen LogP contribution in [0.2, 0.25) is 0 Å². The van der Waals surface area contributed by atoms with Crippen LogP contribution in [0, 0.1) is 0 Å². The number of ether oxygens (including phenoxy) is 1. The zero-order valence-electron chi connectivity index (χ0n) is 11.3. The molecule has 0 spiro atoms. The van der Waals surface area contributed by atoms with Crippen LogP contribution in [0.4, 0.5) is 0 Å². The first-order valence-corrected chi connectivity index (χ1v) is 5.75. The predicted molar refractivity (Wildman–Crippen MR) is 71.2 cm³/mol. The highest BCUT2D eigenvalue weighted by Gasteiger charge is 2.35. The zero-order chi connectivity index (χ0) is 13.1. The lowest BCUT2D eigenvalue weighted by Crippen LogP contribution is -2.49. The van der Waals surface area contributed by atoms with Gasteiger partial charge in [-0.15, -0.1) is 0 Å². The Kier molecular flexibility index (Phi) is 4.23. The summed E-state index contributed by atoms with van der Waals surface area (Å²) in [6, 6.07) is 7.71. The zero-order valence-corrected chi connectivity index (χ0v) is 11.3. The van der Waals surface area contributed by atoms with Gasteiger partial charge in [0.15, 0.2) is 0 Å². The van der Waals surface area contributed by atoms with E-state index in [2.05, 4.69) is 0 Å². The topological polar surface area (TPSA) is 38.7 Å². The van der Waals surface area contributed by atoms with Gasteiger partial charge in [-0.05, 0) is 39.8 Å². The second-order valence-electron chi connectivity index (χ2n) is 5.21. The SMILES string of the molecule is COc1ccc(BOC(C)(C)C(C)(C)O)cc1. The van der Waals surface area contributed by atoms with E-state index in [4.69, 9.17) is 9.39 Å². The van der Waals surface area contributed by atoms with Crippen LogP contribution in [-0.4, -0.2) is 30.9 Å². The highest BCUT2D eigenvalue weighted by Crippen LogP contribution is 2.24. The average Bonchev–Trinajstić information content (AvgIpc) is 2.25. The Labute approximate surface area is 104 Å². The second-order valence-corrected chi connectivity index (χ2v) is 5.21. The third-order valence-corrected chi connectivity index (χ3v) is 3.23. The van der Waals surface area contributed by atoms with E-state index in [0.29, 0.717) is 7.48 Å². The Morgan fingerprint density at radius 1 is 1.06 bits per heavy atom. The first-order valence-electron chi connectivity index (χ1n) is 5.75. The van der Waals surface area contributed by atoms with Crippen molar-refractivity contribution in [2.45, 2.75) is 38.9 Å². The molecule has 3 nitrogen and oxygen atoms in total. The summed E-state index contributed by atoms with van der Waals surface area (Å²) in [7, 11) is 2.11. The van der Waals surface area contributed by atoms with Crippen LogP contribution in [0.3, 0.4) is 0 Å². The van der Waals surface area contributed by atoms with Crippen molar-refractivity contribution in [3.63, 3.8) is 0 Å². The molecular weight excluding hydrogens is 215 g/mol. The molecule has 0 amide bonds. The first-order chi connectivity index (χ1) is 7.76. The van der Waals surface area contributed by atoms with Gasteiger partial charge in [0.2, 0.25) is 0 Å². The maximum atomic E-state index is 9.96. The highest BCUT2D eigenvalue weighted by atomic mass is 16.5. The molecule has 0 aliphatic carbocycles. The second kappa shape index (κ2) is 5.11. The third-order valence-electron chi connectivity index (χ3n) is 3.23. The molecule has 0 saturated carbocycles. The summed E-state index contributed by atoms with van der Waals surface area (Å²) in [5, 5.41) is 9.96. The lowest BCUT2D eigenvalue weighted by Gasteiger charge is -2.37. The van der Waals surface area contributed by atoms with Crippen LogP contribution < -0.4 is 10.2 Å². The number of rotatable bonds is 5. The Morgan fingerprint density at radius 2 is 1.59 bits per heavy atom. The van der Waals surface area contributed by atoms with Crippen LogP contribution >= 0.6 is 0 Å². The minimum absolute atomic E-state index is 0.473. The maximum Gasteiger partial charge on any atom is 0.309 e. The average molecular weight is 236 g/mol. The summed E-state index contributed by atoms with van der Waals surface area (Å²) >= 11 is 0. The van der Waals surface area contributed by atoms with Gasteiger partial charge in [0.1, 0.15) is 5.75 Å². The van der Waals surface area contributed by atoms with E-state index in [-0.39, 0.29) is 0 Å². The molecule has 0 saturated heterocycles. The summed E-state index contributed by atoms with van der Waals surface area (Å²) < 4.78 is 10.9. The Morgan fingerprint density at radius 3 is 2.00 bits per heavy atom. The maximum absolute atomic E-state index is 9.96. The van der Waals surface area contributed by atoms with Crippen LogP contribution in [0.1, 0.15) is 27.7 Å². The van der Waals surface area contributed by atoms with Crippen molar-refractivity contribution in [1.82, 2.24) is 0 Å². The molecule has 1 aromatic rings. The quantitative estimate of drug-likeness (QED) is 0.781. The molecule has 0 heterocycles. The van der Waals surface area contributed by atoms with E-state index < -0.39 is 11.2 Å².